The van der Waals surface area contributed by atoms with Gasteiger partial charge in [0.25, 0.3) is 5.91 Å². The molecule has 1 amide bonds. The monoisotopic (exact) mass is 293 g/mol. The Balaban J connectivity index is 2.11. The van der Waals surface area contributed by atoms with Crippen molar-refractivity contribution in [1.29, 1.82) is 0 Å². The van der Waals surface area contributed by atoms with Crippen LogP contribution >= 0.6 is 11.6 Å². The number of carbonyl (C=O) groups is 1. The van der Waals surface area contributed by atoms with Crippen LogP contribution in [0.25, 0.3) is 0 Å². The molecule has 3 nitrogen and oxygen atoms in total. The van der Waals surface area contributed by atoms with Crippen LogP contribution in [-0.4, -0.2) is 23.0 Å². The number of hydrogen-bond donors (Lipinski definition) is 1. The Labute approximate surface area is 121 Å². The molecule has 0 bridgehead atoms. The molecule has 1 N–H and O–H groups in total. The van der Waals surface area contributed by atoms with Crippen LogP contribution in [0.5, 0.6) is 5.75 Å². The molecule has 0 unspecified atom stereocenters. The Morgan fingerprint density at radius 1 is 1.25 bits per heavy atom. The minimum Gasteiger partial charge on any atom is -0.506 e. The molecule has 0 aliphatic rings. The molecule has 0 radical (unpaired) electrons. The number of phenols is 1. The fourth-order valence-electron chi connectivity index (χ4n) is 1.80. The summed E-state index contributed by atoms with van der Waals surface area (Å²) in [5.41, 5.74) is 1.21. The quantitative estimate of drug-likeness (QED) is 0.941. The molecule has 5 heteroatoms. The Kier molecular flexibility index (Phi) is 4.25. The zero-order valence-corrected chi connectivity index (χ0v) is 11.6. The Bertz CT molecular complexity index is 628. The number of aromatic hydroxyl groups is 1. The van der Waals surface area contributed by atoms with Crippen molar-refractivity contribution in [3.05, 3.63) is 64.4 Å². The summed E-state index contributed by atoms with van der Waals surface area (Å²) in [6.45, 7) is 0.359. The molecule has 2 aromatic rings. The topological polar surface area (TPSA) is 40.5 Å². The molecule has 0 saturated heterocycles. The minimum absolute atomic E-state index is 0.0654. The summed E-state index contributed by atoms with van der Waals surface area (Å²) in [6.07, 6.45) is 0. The Morgan fingerprint density at radius 3 is 2.50 bits per heavy atom. The van der Waals surface area contributed by atoms with E-state index >= 15 is 0 Å². The first-order valence-corrected chi connectivity index (χ1v) is 6.33. The van der Waals surface area contributed by atoms with Crippen LogP contribution in [0.2, 0.25) is 5.02 Å². The third-order valence-electron chi connectivity index (χ3n) is 2.87. The van der Waals surface area contributed by atoms with Gasteiger partial charge in [-0.15, -0.1) is 0 Å². The summed E-state index contributed by atoms with van der Waals surface area (Å²) in [5.74, 6) is -0.603. The fraction of sp³-hybridized carbons (Fsp3) is 0.133. The largest absolute Gasteiger partial charge is 0.506 e. The van der Waals surface area contributed by atoms with E-state index in [-0.39, 0.29) is 22.5 Å². The second-order valence-electron chi connectivity index (χ2n) is 4.45. The lowest BCUT2D eigenvalue weighted by atomic mass is 10.1. The maximum absolute atomic E-state index is 12.8. The second kappa shape index (κ2) is 5.92. The van der Waals surface area contributed by atoms with E-state index in [0.717, 1.165) is 5.56 Å². The molecule has 0 spiro atoms. The number of carbonyl (C=O) groups excluding carboxylic acids is 1. The first kappa shape index (κ1) is 14.3. The van der Waals surface area contributed by atoms with Crippen LogP contribution in [0, 0.1) is 5.82 Å². The molecule has 0 aromatic heterocycles. The predicted molar refractivity (Wildman–Crippen MR) is 75.3 cm³/mol. The standard InChI is InChI=1S/C15H13ClFNO2/c1-18(9-10-2-5-12(17)6-3-10)15(20)11-4-7-14(19)13(16)8-11/h2-8,19H,9H2,1H3. The van der Waals surface area contributed by atoms with Gasteiger partial charge in [-0.3, -0.25) is 4.79 Å². The summed E-state index contributed by atoms with van der Waals surface area (Å²) < 4.78 is 12.8. The summed E-state index contributed by atoms with van der Waals surface area (Å²) in [7, 11) is 1.65. The summed E-state index contributed by atoms with van der Waals surface area (Å²) >= 11 is 5.78. The van der Waals surface area contributed by atoms with Crippen LogP contribution < -0.4 is 0 Å². The number of phenolic OH excluding ortho intramolecular Hbond substituents is 1. The average molecular weight is 294 g/mol. The maximum atomic E-state index is 12.8. The lowest BCUT2D eigenvalue weighted by Crippen LogP contribution is -2.26. The average Bonchev–Trinajstić information content (AvgIpc) is 2.43. The molecule has 0 saturated carbocycles. The van der Waals surface area contributed by atoms with Crippen LogP contribution in [0.1, 0.15) is 15.9 Å². The van der Waals surface area contributed by atoms with Gasteiger partial charge in [-0.05, 0) is 35.9 Å². The third kappa shape index (κ3) is 3.27. The summed E-state index contributed by atoms with van der Waals surface area (Å²) in [6, 6.07) is 10.3. The Hall–Kier alpha value is -2.07. The number of benzene rings is 2. The smallest absolute Gasteiger partial charge is 0.253 e. The van der Waals surface area contributed by atoms with E-state index in [1.807, 2.05) is 0 Å². The van der Waals surface area contributed by atoms with Crippen molar-refractivity contribution < 1.29 is 14.3 Å². The van der Waals surface area contributed by atoms with Crippen molar-refractivity contribution in [3.8, 4) is 5.75 Å². The second-order valence-corrected chi connectivity index (χ2v) is 4.86. The highest BCUT2D eigenvalue weighted by Crippen LogP contribution is 2.24. The van der Waals surface area contributed by atoms with Gasteiger partial charge < -0.3 is 10.0 Å². The van der Waals surface area contributed by atoms with Crippen molar-refractivity contribution >= 4 is 17.5 Å². The zero-order valence-electron chi connectivity index (χ0n) is 10.8. The molecule has 0 aliphatic heterocycles. The highest BCUT2D eigenvalue weighted by Gasteiger charge is 2.13. The van der Waals surface area contributed by atoms with E-state index in [1.54, 1.807) is 19.2 Å². The molecule has 20 heavy (non-hydrogen) atoms. The highest BCUT2D eigenvalue weighted by molar-refractivity contribution is 6.32. The summed E-state index contributed by atoms with van der Waals surface area (Å²) in [4.78, 5) is 13.7. The molecule has 0 aliphatic carbocycles. The predicted octanol–water partition coefficient (Wildman–Crippen LogP) is 3.46. The van der Waals surface area contributed by atoms with Gasteiger partial charge in [-0.2, -0.15) is 0 Å². The molecule has 104 valence electrons. The van der Waals surface area contributed by atoms with Gasteiger partial charge in [0, 0.05) is 19.2 Å². The highest BCUT2D eigenvalue weighted by atomic mass is 35.5. The van der Waals surface area contributed by atoms with Crippen molar-refractivity contribution in [2.75, 3.05) is 7.05 Å². The number of nitrogens with zero attached hydrogens (tertiary/aromatic N) is 1. The van der Waals surface area contributed by atoms with E-state index in [1.165, 1.54) is 35.2 Å². The lowest BCUT2D eigenvalue weighted by Gasteiger charge is -2.17. The third-order valence-corrected chi connectivity index (χ3v) is 3.18. The number of rotatable bonds is 3. The van der Waals surface area contributed by atoms with Crippen molar-refractivity contribution in [1.82, 2.24) is 4.90 Å². The van der Waals surface area contributed by atoms with Crippen LogP contribution in [0.15, 0.2) is 42.5 Å². The van der Waals surface area contributed by atoms with Gasteiger partial charge in [0.1, 0.15) is 11.6 Å². The first-order valence-electron chi connectivity index (χ1n) is 5.96. The number of amides is 1. The van der Waals surface area contributed by atoms with Crippen molar-refractivity contribution in [2.24, 2.45) is 0 Å². The normalized spacial score (nSPS) is 10.3. The van der Waals surface area contributed by atoms with E-state index in [2.05, 4.69) is 0 Å². The van der Waals surface area contributed by atoms with E-state index in [4.69, 9.17) is 11.6 Å². The van der Waals surface area contributed by atoms with E-state index < -0.39 is 0 Å². The van der Waals surface area contributed by atoms with Crippen molar-refractivity contribution in [2.45, 2.75) is 6.54 Å². The molecule has 0 fully saturated rings. The SMILES string of the molecule is CN(Cc1ccc(F)cc1)C(=O)c1ccc(O)c(Cl)c1. The van der Waals surface area contributed by atoms with E-state index in [0.29, 0.717) is 12.1 Å². The molecular formula is C15H13ClFNO2. The van der Waals surface area contributed by atoms with Gasteiger partial charge in [-0.25, -0.2) is 4.39 Å². The molecule has 0 heterocycles. The maximum Gasteiger partial charge on any atom is 0.253 e. The van der Waals surface area contributed by atoms with Gasteiger partial charge in [0.15, 0.2) is 0 Å². The molecule has 2 aromatic carbocycles. The number of hydrogen-bond acceptors (Lipinski definition) is 2. The van der Waals surface area contributed by atoms with Crippen LogP contribution in [0.4, 0.5) is 4.39 Å². The number of halogens is 2. The lowest BCUT2D eigenvalue weighted by molar-refractivity contribution is 0.0785. The zero-order chi connectivity index (χ0) is 14.7. The van der Waals surface area contributed by atoms with Gasteiger partial charge in [-0.1, -0.05) is 23.7 Å². The van der Waals surface area contributed by atoms with Crippen LogP contribution in [-0.2, 0) is 6.54 Å². The molecule has 2 rings (SSSR count). The molecule has 0 atom stereocenters. The van der Waals surface area contributed by atoms with E-state index in [9.17, 15) is 14.3 Å². The molecular weight excluding hydrogens is 281 g/mol. The van der Waals surface area contributed by atoms with Crippen LogP contribution in [0.3, 0.4) is 0 Å². The Morgan fingerprint density at radius 2 is 1.90 bits per heavy atom. The van der Waals surface area contributed by atoms with Gasteiger partial charge in [0.2, 0.25) is 0 Å². The van der Waals surface area contributed by atoms with Crippen molar-refractivity contribution in [3.63, 3.8) is 0 Å². The van der Waals surface area contributed by atoms with Gasteiger partial charge >= 0.3 is 0 Å². The van der Waals surface area contributed by atoms with Gasteiger partial charge in [0.05, 0.1) is 5.02 Å². The first-order chi connectivity index (χ1) is 9.47. The minimum atomic E-state index is -0.312. The summed E-state index contributed by atoms with van der Waals surface area (Å²) in [5, 5.41) is 9.46. The fourth-order valence-corrected chi connectivity index (χ4v) is 1.98.